The number of aliphatic hydroxyl groups is 2. The molecule has 4 heterocycles. The Kier molecular flexibility index (Phi) is 13.6. The largest absolute Gasteiger partial charge is 0.507 e. The third-order valence-electron chi connectivity index (χ3n) is 13.0. The third-order valence-corrected chi connectivity index (χ3v) is 13.0. The van der Waals surface area contributed by atoms with E-state index in [-0.39, 0.29) is 50.0 Å². The molecule has 14 heteroatoms. The van der Waals surface area contributed by atoms with Crippen molar-refractivity contribution in [1.29, 1.82) is 0 Å². The predicted molar refractivity (Wildman–Crippen MR) is 228 cm³/mol. The van der Waals surface area contributed by atoms with Crippen molar-refractivity contribution in [2.24, 2.45) is 35.0 Å². The zero-order valence-electron chi connectivity index (χ0n) is 37.0. The number of piperidine rings is 1. The Morgan fingerprint density at radius 3 is 2.13 bits per heavy atom. The number of benzene rings is 2. The molecule has 4 aliphatic heterocycles. The van der Waals surface area contributed by atoms with Crippen molar-refractivity contribution in [2.45, 2.75) is 119 Å². The van der Waals surface area contributed by atoms with E-state index in [0.29, 0.717) is 19.0 Å². The molecule has 5 bridgehead atoms. The summed E-state index contributed by atoms with van der Waals surface area (Å²) in [6.45, 7) is 20.1. The molecule has 60 heavy (non-hydrogen) atoms. The number of ether oxygens (including phenoxy) is 4. The molecule has 1 amide bonds. The maximum atomic E-state index is 14.6. The zero-order chi connectivity index (χ0) is 44.8. The summed E-state index contributed by atoms with van der Waals surface area (Å²) in [4.78, 5) is 42.7. The van der Waals surface area contributed by atoms with Crippen molar-refractivity contribution >= 4 is 39.8 Å². The number of rotatable bonds is 3. The lowest BCUT2D eigenvalue weighted by molar-refractivity contribution is -0.160. The number of phenolic OH excluding ortho intramolecular Hbond substituents is 3. The molecule has 0 aliphatic carbocycles. The Balaban J connectivity index is 1.72. The van der Waals surface area contributed by atoms with Gasteiger partial charge in [-0.1, -0.05) is 66.7 Å². The lowest BCUT2D eigenvalue weighted by atomic mass is 9.75. The number of amides is 1. The lowest BCUT2D eigenvalue weighted by Crippen LogP contribution is -2.46. The Morgan fingerprint density at radius 1 is 0.917 bits per heavy atom. The second-order valence-corrected chi connectivity index (χ2v) is 18.2. The molecular weight excluding hydrogens is 773 g/mol. The molecule has 0 saturated carbocycles. The molecule has 2 aromatic carbocycles. The number of aromatic hydroxyl groups is 3. The number of anilines is 2. The fraction of sp³-hybridized carbons (Fsp3) is 0.587. The third kappa shape index (κ3) is 8.69. The van der Waals surface area contributed by atoms with Crippen LogP contribution in [0.2, 0.25) is 0 Å². The van der Waals surface area contributed by atoms with Crippen molar-refractivity contribution < 1.29 is 58.9 Å². The molecule has 0 unspecified atom stereocenters. The van der Waals surface area contributed by atoms with Crippen LogP contribution in [0.25, 0.3) is 10.8 Å². The van der Waals surface area contributed by atoms with E-state index >= 15 is 0 Å². The molecule has 0 spiro atoms. The minimum atomic E-state index is -2.02. The molecule has 2 aromatic rings. The summed E-state index contributed by atoms with van der Waals surface area (Å²) in [7, 11) is 1.45. The lowest BCUT2D eigenvalue weighted by Gasteiger charge is -2.40. The zero-order valence-corrected chi connectivity index (χ0v) is 37.0. The van der Waals surface area contributed by atoms with E-state index in [9.17, 15) is 39.9 Å². The second-order valence-electron chi connectivity index (χ2n) is 18.2. The van der Waals surface area contributed by atoms with Gasteiger partial charge in [-0.05, 0) is 44.1 Å². The number of Topliss-reactive ketones (excluding diaryl/α,β-unsaturated/α-hetero) is 1. The van der Waals surface area contributed by atoms with Crippen molar-refractivity contribution in [3.05, 3.63) is 47.3 Å². The summed E-state index contributed by atoms with van der Waals surface area (Å²) in [6, 6.07) is 0. The number of hydrogen-bond acceptors (Lipinski definition) is 13. The average Bonchev–Trinajstić information content (AvgIpc) is 3.46. The molecule has 14 nitrogen and oxygen atoms in total. The fourth-order valence-electron chi connectivity index (χ4n) is 8.98. The smallest absolute Gasteiger partial charge is 0.312 e. The van der Waals surface area contributed by atoms with Crippen LogP contribution in [0.4, 0.5) is 11.4 Å². The topological polar surface area (TPSA) is 205 Å². The van der Waals surface area contributed by atoms with E-state index in [1.54, 1.807) is 46.8 Å². The highest BCUT2D eigenvalue weighted by Crippen LogP contribution is 2.58. The number of carbonyl (C=O) groups excluding carboxylic acids is 3. The van der Waals surface area contributed by atoms with E-state index in [4.69, 9.17) is 18.9 Å². The van der Waals surface area contributed by atoms with Gasteiger partial charge in [0.05, 0.1) is 35.5 Å². The first-order valence-electron chi connectivity index (χ1n) is 20.8. The molecule has 6 N–H and O–H groups in total. The van der Waals surface area contributed by atoms with Gasteiger partial charge >= 0.3 is 11.8 Å². The standard InChI is InChI=1S/C46H64N2O12/c1-22-14-13-15-23(2)44(56)47-34-35(48-19-16-29(17-20-48)45(8,9)10)40(54)31-32(39(34)53)38(52)27(6)42-33(31)43(55)46(11,60-42)58-21-18-30(57-12)24(3)41(59-28(7)49)26(5)37(51)25(4)36(22)50/h13-15,18,21-22,24-26,29-30,36-37,41,50-54H,16-17,19-20H2,1-12H3,(H,47,56)/b14-13-,21-18?,23-15-/t22-,24+,25+,26+,30-,36-,37+,41+,46-/m0/s1. The minimum Gasteiger partial charge on any atom is -0.507 e. The SMILES string of the molecule is CO[C@H]1C=CO[C@@]2(C)Oc3c(C)c(O)c4c(O)c(c(N5CCC(C(C)(C)C)CC5)c(O)c4c3C2=O)NC(=O)/C(C)=C\C=C/[C@H](C)[C@H](O)[C@@H](C)[C@@H](O)[C@@H](C)[C@H](OC(C)=O)[C@@H]1C. The number of nitrogens with one attached hydrogen (secondary N) is 1. The maximum absolute atomic E-state index is 14.6. The maximum Gasteiger partial charge on any atom is 0.312 e. The number of aliphatic hydroxyl groups excluding tert-OH is 2. The Hall–Kier alpha value is -4.79. The number of nitrogens with zero attached hydrogens (tertiary/aromatic N) is 1. The number of esters is 1. The monoisotopic (exact) mass is 836 g/mol. The molecular formula is C46H64N2O12. The van der Waals surface area contributed by atoms with Crippen molar-refractivity contribution in [2.75, 3.05) is 30.4 Å². The van der Waals surface area contributed by atoms with E-state index in [1.165, 1.54) is 46.3 Å². The highest BCUT2D eigenvalue weighted by Gasteiger charge is 2.50. The summed E-state index contributed by atoms with van der Waals surface area (Å²) >= 11 is 0. The number of hydrogen-bond donors (Lipinski definition) is 6. The first-order chi connectivity index (χ1) is 28.0. The Bertz CT molecular complexity index is 2080. The van der Waals surface area contributed by atoms with Crippen LogP contribution in [0.1, 0.15) is 98.0 Å². The van der Waals surface area contributed by atoms with Crippen LogP contribution in [-0.4, -0.2) is 93.6 Å². The van der Waals surface area contributed by atoms with E-state index < -0.39 is 88.8 Å². The highest BCUT2D eigenvalue weighted by molar-refractivity contribution is 6.23. The van der Waals surface area contributed by atoms with Gasteiger partial charge in [-0.15, -0.1) is 0 Å². The van der Waals surface area contributed by atoms with Gasteiger partial charge in [0.25, 0.3) is 11.7 Å². The van der Waals surface area contributed by atoms with Crippen LogP contribution < -0.4 is 15.0 Å². The van der Waals surface area contributed by atoms with Crippen LogP contribution in [0.5, 0.6) is 23.0 Å². The Morgan fingerprint density at radius 2 is 1.55 bits per heavy atom. The van der Waals surface area contributed by atoms with Gasteiger partial charge in [0.2, 0.25) is 0 Å². The number of ketones is 1. The van der Waals surface area contributed by atoms with Crippen molar-refractivity contribution in [1.82, 2.24) is 0 Å². The van der Waals surface area contributed by atoms with Gasteiger partial charge in [-0.2, -0.15) is 0 Å². The Labute approximate surface area is 352 Å². The van der Waals surface area contributed by atoms with Gasteiger partial charge < -0.3 is 54.7 Å². The summed E-state index contributed by atoms with van der Waals surface area (Å²) in [5, 5.41) is 61.4. The summed E-state index contributed by atoms with van der Waals surface area (Å²) in [5.74, 6) is -7.52. The molecule has 1 fully saturated rings. The average molecular weight is 837 g/mol. The molecule has 9 atom stereocenters. The van der Waals surface area contributed by atoms with Crippen LogP contribution in [0, 0.1) is 41.9 Å². The van der Waals surface area contributed by atoms with Gasteiger partial charge in [-0.3, -0.25) is 14.4 Å². The molecule has 1 saturated heterocycles. The van der Waals surface area contributed by atoms with E-state index in [0.717, 1.165) is 12.8 Å². The number of phenols is 3. The molecule has 6 rings (SSSR count). The summed E-state index contributed by atoms with van der Waals surface area (Å²) < 4.78 is 23.8. The van der Waals surface area contributed by atoms with Gasteiger partial charge in [-0.25, -0.2) is 0 Å². The van der Waals surface area contributed by atoms with Crippen molar-refractivity contribution in [3.63, 3.8) is 0 Å². The van der Waals surface area contributed by atoms with Crippen LogP contribution in [-0.2, 0) is 23.8 Å². The fourth-order valence-corrected chi connectivity index (χ4v) is 8.98. The molecule has 330 valence electrons. The first-order valence-corrected chi connectivity index (χ1v) is 20.8. The predicted octanol–water partition coefficient (Wildman–Crippen LogP) is 7.02. The van der Waals surface area contributed by atoms with Crippen LogP contribution in [0.3, 0.4) is 0 Å². The van der Waals surface area contributed by atoms with Gasteiger partial charge in [0, 0.05) is 74.2 Å². The summed E-state index contributed by atoms with van der Waals surface area (Å²) in [6.07, 6.45) is 5.25. The van der Waals surface area contributed by atoms with Gasteiger partial charge in [0.1, 0.15) is 34.7 Å². The first kappa shape index (κ1) is 46.3. The number of fused-ring (bicyclic) bond motifs is 14. The number of methoxy groups -OCH3 is 1. The van der Waals surface area contributed by atoms with Crippen LogP contribution >= 0.6 is 0 Å². The van der Waals surface area contributed by atoms with Crippen LogP contribution in [0.15, 0.2) is 36.1 Å². The molecule has 0 aromatic heterocycles. The molecule has 0 radical (unpaired) electrons. The summed E-state index contributed by atoms with van der Waals surface area (Å²) in [5.41, 5.74) is 0.147. The van der Waals surface area contributed by atoms with E-state index in [2.05, 4.69) is 26.1 Å². The highest BCUT2D eigenvalue weighted by atomic mass is 16.7. The van der Waals surface area contributed by atoms with Crippen molar-refractivity contribution in [3.8, 4) is 23.0 Å². The minimum absolute atomic E-state index is 0.0189. The molecule has 4 aliphatic rings. The quantitative estimate of drug-likeness (QED) is 0.105. The second kappa shape index (κ2) is 17.7. The number of allylic oxidation sites excluding steroid dienone is 2. The van der Waals surface area contributed by atoms with Gasteiger partial charge in [0.15, 0.2) is 5.75 Å². The van der Waals surface area contributed by atoms with E-state index in [1.807, 2.05) is 4.90 Å². The normalized spacial score (nSPS) is 31.4. The number of carbonyl (C=O) groups is 3.